The van der Waals surface area contributed by atoms with E-state index in [1.807, 2.05) is 11.8 Å². The van der Waals surface area contributed by atoms with Gasteiger partial charge < -0.3 is 10.2 Å². The van der Waals surface area contributed by atoms with Gasteiger partial charge in [0.1, 0.15) is 0 Å². The second-order valence-corrected chi connectivity index (χ2v) is 5.65. The first kappa shape index (κ1) is 14.1. The van der Waals surface area contributed by atoms with Gasteiger partial charge in [-0.25, -0.2) is 0 Å². The van der Waals surface area contributed by atoms with Gasteiger partial charge >= 0.3 is 0 Å². The Labute approximate surface area is 108 Å². The molecular weight excluding hydrogens is 244 g/mol. The standard InChI is InChI=1S/C11H20N2OS.ClH/c1-9-8-15-6-5-13(9)11(14)10-3-2-4-12-7-10;/h9-10,12H,2-8H2,1H3;1H. The molecule has 1 N–H and O–H groups in total. The number of piperidine rings is 1. The van der Waals surface area contributed by atoms with Gasteiger partial charge in [0, 0.05) is 30.6 Å². The first-order valence-electron chi connectivity index (χ1n) is 5.88. The molecule has 0 aromatic heterocycles. The Morgan fingerprint density at radius 1 is 1.50 bits per heavy atom. The molecule has 94 valence electrons. The fourth-order valence-electron chi connectivity index (χ4n) is 2.35. The molecule has 2 atom stereocenters. The predicted molar refractivity (Wildman–Crippen MR) is 71.3 cm³/mol. The highest BCUT2D eigenvalue weighted by atomic mass is 35.5. The lowest BCUT2D eigenvalue weighted by atomic mass is 9.97. The van der Waals surface area contributed by atoms with Gasteiger partial charge in [0.15, 0.2) is 0 Å². The molecule has 2 saturated heterocycles. The molecule has 2 aliphatic heterocycles. The number of halogens is 1. The zero-order valence-electron chi connectivity index (χ0n) is 9.78. The van der Waals surface area contributed by atoms with Crippen molar-refractivity contribution in [1.82, 2.24) is 10.2 Å². The van der Waals surface area contributed by atoms with Gasteiger partial charge in [-0.3, -0.25) is 4.79 Å². The lowest BCUT2D eigenvalue weighted by molar-refractivity contribution is -0.137. The third-order valence-corrected chi connectivity index (χ3v) is 4.49. The molecule has 2 unspecified atom stereocenters. The Kier molecular flexibility index (Phi) is 5.94. The van der Waals surface area contributed by atoms with Crippen molar-refractivity contribution in [3.05, 3.63) is 0 Å². The Bertz CT molecular complexity index is 234. The minimum Gasteiger partial charge on any atom is -0.338 e. The molecule has 2 heterocycles. The van der Waals surface area contributed by atoms with Gasteiger partial charge in [0.25, 0.3) is 0 Å². The molecule has 2 rings (SSSR count). The van der Waals surface area contributed by atoms with Crippen LogP contribution in [-0.4, -0.2) is 48.0 Å². The number of hydrogen-bond donors (Lipinski definition) is 1. The van der Waals surface area contributed by atoms with Crippen LogP contribution in [-0.2, 0) is 4.79 Å². The normalized spacial score (nSPS) is 30.7. The number of nitrogens with zero attached hydrogens (tertiary/aromatic N) is 1. The second-order valence-electron chi connectivity index (χ2n) is 4.50. The quantitative estimate of drug-likeness (QED) is 0.777. The highest BCUT2D eigenvalue weighted by molar-refractivity contribution is 7.99. The predicted octanol–water partition coefficient (Wildman–Crippen LogP) is 1.37. The topological polar surface area (TPSA) is 32.3 Å². The van der Waals surface area contributed by atoms with Gasteiger partial charge in [0.2, 0.25) is 5.91 Å². The number of carbonyl (C=O) groups excluding carboxylic acids is 1. The molecule has 2 aliphatic rings. The van der Waals surface area contributed by atoms with Crippen molar-refractivity contribution >= 4 is 30.1 Å². The molecule has 2 fully saturated rings. The van der Waals surface area contributed by atoms with Crippen LogP contribution in [0.4, 0.5) is 0 Å². The molecule has 0 aromatic rings. The summed E-state index contributed by atoms with van der Waals surface area (Å²) in [6.45, 7) is 5.08. The van der Waals surface area contributed by atoms with E-state index in [-0.39, 0.29) is 18.3 Å². The van der Waals surface area contributed by atoms with Crippen molar-refractivity contribution in [2.45, 2.75) is 25.8 Å². The lowest BCUT2D eigenvalue weighted by Crippen LogP contribution is -2.50. The van der Waals surface area contributed by atoms with E-state index < -0.39 is 0 Å². The number of hydrogen-bond acceptors (Lipinski definition) is 3. The summed E-state index contributed by atoms with van der Waals surface area (Å²) in [4.78, 5) is 14.3. The zero-order chi connectivity index (χ0) is 10.7. The maximum Gasteiger partial charge on any atom is 0.227 e. The number of nitrogens with one attached hydrogen (secondary N) is 1. The van der Waals surface area contributed by atoms with E-state index in [0.29, 0.717) is 11.9 Å². The Morgan fingerprint density at radius 3 is 2.94 bits per heavy atom. The fourth-order valence-corrected chi connectivity index (χ4v) is 3.37. The zero-order valence-corrected chi connectivity index (χ0v) is 11.4. The smallest absolute Gasteiger partial charge is 0.227 e. The van der Waals surface area contributed by atoms with Gasteiger partial charge in [-0.1, -0.05) is 0 Å². The van der Waals surface area contributed by atoms with Crippen LogP contribution in [0.5, 0.6) is 0 Å². The minimum absolute atomic E-state index is 0. The van der Waals surface area contributed by atoms with Crippen LogP contribution in [0.1, 0.15) is 19.8 Å². The van der Waals surface area contributed by atoms with Gasteiger partial charge in [-0.05, 0) is 26.3 Å². The van der Waals surface area contributed by atoms with Crippen molar-refractivity contribution in [2.75, 3.05) is 31.1 Å². The molecule has 0 aliphatic carbocycles. The first-order valence-corrected chi connectivity index (χ1v) is 7.03. The Hall–Kier alpha value is 0.0700. The fraction of sp³-hybridized carbons (Fsp3) is 0.909. The second kappa shape index (κ2) is 6.72. The van der Waals surface area contributed by atoms with Crippen LogP contribution >= 0.6 is 24.2 Å². The van der Waals surface area contributed by atoms with Crippen molar-refractivity contribution in [1.29, 1.82) is 0 Å². The first-order chi connectivity index (χ1) is 7.29. The highest BCUT2D eigenvalue weighted by Crippen LogP contribution is 2.21. The van der Waals surface area contributed by atoms with Crippen molar-refractivity contribution < 1.29 is 4.79 Å². The minimum atomic E-state index is 0. The molecule has 0 aromatic carbocycles. The molecule has 1 amide bonds. The molecule has 5 heteroatoms. The van der Waals surface area contributed by atoms with Crippen molar-refractivity contribution in [2.24, 2.45) is 5.92 Å². The summed E-state index contributed by atoms with van der Waals surface area (Å²) in [5.41, 5.74) is 0. The van der Waals surface area contributed by atoms with Crippen LogP contribution in [0.25, 0.3) is 0 Å². The monoisotopic (exact) mass is 264 g/mol. The number of thioether (sulfide) groups is 1. The van der Waals surface area contributed by atoms with E-state index in [1.54, 1.807) is 0 Å². The molecule has 0 radical (unpaired) electrons. The van der Waals surface area contributed by atoms with Crippen LogP contribution in [0.3, 0.4) is 0 Å². The van der Waals surface area contributed by atoms with E-state index in [9.17, 15) is 4.79 Å². The molecule has 0 bridgehead atoms. The highest BCUT2D eigenvalue weighted by Gasteiger charge is 2.30. The SMILES string of the molecule is CC1CSCCN1C(=O)C1CCCNC1.Cl. The van der Waals surface area contributed by atoms with E-state index in [0.717, 1.165) is 44.0 Å². The molecule has 0 saturated carbocycles. The summed E-state index contributed by atoms with van der Waals surface area (Å²) in [5.74, 6) is 2.83. The van der Waals surface area contributed by atoms with Crippen LogP contribution in [0.2, 0.25) is 0 Å². The van der Waals surface area contributed by atoms with E-state index in [1.165, 1.54) is 0 Å². The van der Waals surface area contributed by atoms with Gasteiger partial charge in [-0.2, -0.15) is 11.8 Å². The van der Waals surface area contributed by atoms with Crippen molar-refractivity contribution in [3.8, 4) is 0 Å². The Morgan fingerprint density at radius 2 is 2.31 bits per heavy atom. The third-order valence-electron chi connectivity index (χ3n) is 3.30. The average Bonchev–Trinajstić information content (AvgIpc) is 2.30. The molecule has 3 nitrogen and oxygen atoms in total. The van der Waals surface area contributed by atoms with Crippen LogP contribution in [0.15, 0.2) is 0 Å². The van der Waals surface area contributed by atoms with E-state index in [2.05, 4.69) is 17.1 Å². The largest absolute Gasteiger partial charge is 0.338 e. The van der Waals surface area contributed by atoms with E-state index >= 15 is 0 Å². The maximum atomic E-state index is 12.2. The lowest BCUT2D eigenvalue weighted by Gasteiger charge is -2.36. The molecule has 16 heavy (non-hydrogen) atoms. The summed E-state index contributed by atoms with van der Waals surface area (Å²) in [6.07, 6.45) is 2.22. The summed E-state index contributed by atoms with van der Waals surface area (Å²) >= 11 is 1.96. The summed E-state index contributed by atoms with van der Waals surface area (Å²) in [5, 5.41) is 3.32. The summed E-state index contributed by atoms with van der Waals surface area (Å²) in [7, 11) is 0. The summed E-state index contributed by atoms with van der Waals surface area (Å²) < 4.78 is 0. The Balaban J connectivity index is 0.00000128. The summed E-state index contributed by atoms with van der Waals surface area (Å²) in [6, 6.07) is 0.429. The number of rotatable bonds is 1. The maximum absolute atomic E-state index is 12.2. The van der Waals surface area contributed by atoms with Gasteiger partial charge in [-0.15, -0.1) is 12.4 Å². The number of amides is 1. The van der Waals surface area contributed by atoms with Crippen LogP contribution < -0.4 is 5.32 Å². The molecule has 0 spiro atoms. The van der Waals surface area contributed by atoms with Crippen molar-refractivity contribution in [3.63, 3.8) is 0 Å². The number of carbonyl (C=O) groups is 1. The third kappa shape index (κ3) is 3.28. The average molecular weight is 265 g/mol. The van der Waals surface area contributed by atoms with Gasteiger partial charge in [0.05, 0.1) is 5.92 Å². The van der Waals surface area contributed by atoms with E-state index in [4.69, 9.17) is 0 Å². The van der Waals surface area contributed by atoms with Crippen LogP contribution in [0, 0.1) is 5.92 Å². The molecular formula is C11H21ClN2OS.